The van der Waals surface area contributed by atoms with Gasteiger partial charge >= 0.3 is 0 Å². The SMILES string of the molecule is O=C(NC1CCCCC1)c1ccc(C2(C(=O)Nc3ccc(F)cn3)CCC2)cc1. The molecule has 5 nitrogen and oxygen atoms in total. The molecule has 2 amide bonds. The van der Waals surface area contributed by atoms with E-state index in [0.29, 0.717) is 11.4 Å². The predicted molar refractivity (Wildman–Crippen MR) is 109 cm³/mol. The minimum atomic E-state index is -0.617. The zero-order valence-corrected chi connectivity index (χ0v) is 16.4. The highest BCUT2D eigenvalue weighted by Gasteiger charge is 2.45. The number of benzene rings is 1. The first-order valence-electron chi connectivity index (χ1n) is 10.4. The first-order chi connectivity index (χ1) is 14.1. The molecular weight excluding hydrogens is 369 g/mol. The molecule has 2 aliphatic rings. The molecule has 2 fully saturated rings. The van der Waals surface area contributed by atoms with Gasteiger partial charge in [0.2, 0.25) is 5.91 Å². The summed E-state index contributed by atoms with van der Waals surface area (Å²) in [7, 11) is 0. The molecular formula is C23H26FN3O2. The Morgan fingerprint density at radius 1 is 0.966 bits per heavy atom. The van der Waals surface area contributed by atoms with Crippen molar-refractivity contribution in [1.29, 1.82) is 0 Å². The molecule has 0 aliphatic heterocycles. The molecule has 0 saturated heterocycles. The van der Waals surface area contributed by atoms with Gasteiger partial charge in [0.1, 0.15) is 11.6 Å². The summed E-state index contributed by atoms with van der Waals surface area (Å²) >= 11 is 0. The van der Waals surface area contributed by atoms with Crippen LogP contribution in [0.25, 0.3) is 0 Å². The molecule has 1 aromatic heterocycles. The third-order valence-corrected chi connectivity index (χ3v) is 6.25. The monoisotopic (exact) mass is 395 g/mol. The van der Waals surface area contributed by atoms with E-state index in [-0.39, 0.29) is 17.9 Å². The van der Waals surface area contributed by atoms with Crippen LogP contribution in [0.3, 0.4) is 0 Å². The molecule has 0 radical (unpaired) electrons. The fourth-order valence-corrected chi connectivity index (χ4v) is 4.32. The van der Waals surface area contributed by atoms with E-state index in [0.717, 1.165) is 43.9 Å². The van der Waals surface area contributed by atoms with Gasteiger partial charge in [0.15, 0.2) is 0 Å². The molecule has 152 valence electrons. The molecule has 0 atom stereocenters. The maximum absolute atomic E-state index is 13.0. The van der Waals surface area contributed by atoms with Gasteiger partial charge in [-0.3, -0.25) is 9.59 Å². The summed E-state index contributed by atoms with van der Waals surface area (Å²) in [6, 6.07) is 10.4. The smallest absolute Gasteiger partial charge is 0.251 e. The molecule has 0 spiro atoms. The number of rotatable bonds is 5. The lowest BCUT2D eigenvalue weighted by Crippen LogP contribution is -2.46. The van der Waals surface area contributed by atoms with E-state index < -0.39 is 11.2 Å². The van der Waals surface area contributed by atoms with Gasteiger partial charge in [-0.15, -0.1) is 0 Å². The molecule has 2 aliphatic carbocycles. The maximum atomic E-state index is 13.0. The Morgan fingerprint density at radius 3 is 2.28 bits per heavy atom. The van der Waals surface area contributed by atoms with Crippen LogP contribution in [0.15, 0.2) is 42.6 Å². The number of amides is 2. The van der Waals surface area contributed by atoms with Gasteiger partial charge in [0, 0.05) is 11.6 Å². The van der Waals surface area contributed by atoms with Gasteiger partial charge in [0.05, 0.1) is 11.6 Å². The summed E-state index contributed by atoms with van der Waals surface area (Å²) in [5.41, 5.74) is 0.904. The van der Waals surface area contributed by atoms with E-state index in [1.54, 1.807) is 12.1 Å². The standard InChI is InChI=1S/C23H26FN3O2/c24-18-11-12-20(25-15-18)27-22(29)23(13-4-14-23)17-9-7-16(8-10-17)21(28)26-19-5-2-1-3-6-19/h7-12,15,19H,1-6,13-14H2,(H,26,28)(H,25,27,29). The molecule has 2 aromatic rings. The zero-order valence-electron chi connectivity index (χ0n) is 16.4. The lowest BCUT2D eigenvalue weighted by atomic mass is 9.63. The number of nitrogens with zero attached hydrogens (tertiary/aromatic N) is 1. The van der Waals surface area contributed by atoms with Crippen molar-refractivity contribution >= 4 is 17.6 Å². The van der Waals surface area contributed by atoms with Crippen LogP contribution in [0, 0.1) is 5.82 Å². The summed E-state index contributed by atoms with van der Waals surface area (Å²) in [6.45, 7) is 0. The van der Waals surface area contributed by atoms with Gasteiger partial charge in [0.25, 0.3) is 5.91 Å². The van der Waals surface area contributed by atoms with E-state index in [2.05, 4.69) is 15.6 Å². The van der Waals surface area contributed by atoms with Crippen LogP contribution < -0.4 is 10.6 Å². The summed E-state index contributed by atoms with van der Waals surface area (Å²) in [5.74, 6) is -0.289. The van der Waals surface area contributed by atoms with E-state index >= 15 is 0 Å². The zero-order chi connectivity index (χ0) is 20.3. The van der Waals surface area contributed by atoms with Crippen molar-refractivity contribution in [3.05, 3.63) is 59.5 Å². The second-order valence-electron chi connectivity index (χ2n) is 8.14. The Bertz CT molecular complexity index is 870. The van der Waals surface area contributed by atoms with E-state index in [1.807, 2.05) is 12.1 Å². The van der Waals surface area contributed by atoms with Crippen LogP contribution in [0.4, 0.5) is 10.2 Å². The molecule has 1 heterocycles. The van der Waals surface area contributed by atoms with Gasteiger partial charge < -0.3 is 10.6 Å². The van der Waals surface area contributed by atoms with Crippen LogP contribution in [0.5, 0.6) is 0 Å². The fraction of sp³-hybridized carbons (Fsp3) is 0.435. The second-order valence-corrected chi connectivity index (χ2v) is 8.14. The Labute approximate surface area is 170 Å². The van der Waals surface area contributed by atoms with Crippen LogP contribution in [-0.2, 0) is 10.2 Å². The molecule has 2 N–H and O–H groups in total. The van der Waals surface area contributed by atoms with Gasteiger partial charge in [-0.1, -0.05) is 37.8 Å². The second kappa shape index (κ2) is 8.31. The third kappa shape index (κ3) is 4.16. The number of hydrogen-bond acceptors (Lipinski definition) is 3. The quantitative estimate of drug-likeness (QED) is 0.791. The van der Waals surface area contributed by atoms with E-state index in [9.17, 15) is 14.0 Å². The molecule has 6 heteroatoms. The Hall–Kier alpha value is -2.76. The van der Waals surface area contributed by atoms with Crippen molar-refractivity contribution in [1.82, 2.24) is 10.3 Å². The van der Waals surface area contributed by atoms with Gasteiger partial charge in [-0.2, -0.15) is 0 Å². The average molecular weight is 395 g/mol. The van der Waals surface area contributed by atoms with Crippen molar-refractivity contribution in [3.63, 3.8) is 0 Å². The van der Waals surface area contributed by atoms with Crippen molar-refractivity contribution < 1.29 is 14.0 Å². The first kappa shape index (κ1) is 19.6. The Morgan fingerprint density at radius 2 is 1.69 bits per heavy atom. The summed E-state index contributed by atoms with van der Waals surface area (Å²) in [6.07, 6.45) is 9.22. The minimum absolute atomic E-state index is 0.0499. The van der Waals surface area contributed by atoms with Crippen molar-refractivity contribution in [2.24, 2.45) is 0 Å². The molecule has 1 aromatic carbocycles. The molecule has 2 saturated carbocycles. The average Bonchev–Trinajstić information content (AvgIpc) is 2.70. The van der Waals surface area contributed by atoms with Gasteiger partial charge in [-0.25, -0.2) is 9.37 Å². The summed E-state index contributed by atoms with van der Waals surface area (Å²) < 4.78 is 13.0. The number of nitrogens with one attached hydrogen (secondary N) is 2. The van der Waals surface area contributed by atoms with E-state index in [1.165, 1.54) is 31.4 Å². The number of halogens is 1. The summed E-state index contributed by atoms with van der Waals surface area (Å²) in [4.78, 5) is 29.4. The normalized spacial score (nSPS) is 18.5. The van der Waals surface area contributed by atoms with E-state index in [4.69, 9.17) is 0 Å². The van der Waals surface area contributed by atoms with Crippen LogP contribution in [-0.4, -0.2) is 22.8 Å². The third-order valence-electron chi connectivity index (χ3n) is 6.25. The van der Waals surface area contributed by atoms with Crippen LogP contribution in [0.1, 0.15) is 67.3 Å². The fourth-order valence-electron chi connectivity index (χ4n) is 4.32. The molecule has 0 unspecified atom stereocenters. The maximum Gasteiger partial charge on any atom is 0.251 e. The highest BCUT2D eigenvalue weighted by Crippen LogP contribution is 2.44. The number of carbonyl (C=O) groups excluding carboxylic acids is 2. The predicted octanol–water partition coefficient (Wildman–Crippen LogP) is 4.34. The van der Waals surface area contributed by atoms with Crippen LogP contribution >= 0.6 is 0 Å². The van der Waals surface area contributed by atoms with Crippen LogP contribution in [0.2, 0.25) is 0 Å². The van der Waals surface area contributed by atoms with Crippen molar-refractivity contribution in [2.75, 3.05) is 5.32 Å². The number of aromatic nitrogens is 1. The number of pyridine rings is 1. The molecule has 4 rings (SSSR count). The number of anilines is 1. The summed E-state index contributed by atoms with van der Waals surface area (Å²) in [5, 5.41) is 5.93. The molecule has 0 bridgehead atoms. The van der Waals surface area contributed by atoms with Gasteiger partial charge in [-0.05, 0) is 55.5 Å². The lowest BCUT2D eigenvalue weighted by Gasteiger charge is -2.40. The van der Waals surface area contributed by atoms with Crippen molar-refractivity contribution in [2.45, 2.75) is 62.8 Å². The first-order valence-corrected chi connectivity index (χ1v) is 10.4. The largest absolute Gasteiger partial charge is 0.349 e. The highest BCUT2D eigenvalue weighted by molar-refractivity contribution is 6.00. The lowest BCUT2D eigenvalue weighted by molar-refractivity contribution is -0.124. The number of hydrogen-bond donors (Lipinski definition) is 2. The topological polar surface area (TPSA) is 71.1 Å². The Balaban J connectivity index is 1.45. The van der Waals surface area contributed by atoms with Crippen molar-refractivity contribution in [3.8, 4) is 0 Å². The minimum Gasteiger partial charge on any atom is -0.349 e. The highest BCUT2D eigenvalue weighted by atomic mass is 19.1. The molecule has 29 heavy (non-hydrogen) atoms. The Kier molecular flexibility index (Phi) is 5.60. The number of carbonyl (C=O) groups is 2.